The molecule has 1 aromatic heterocycles. The van der Waals surface area contributed by atoms with Crippen molar-refractivity contribution < 1.29 is 23.8 Å². The van der Waals surface area contributed by atoms with E-state index in [1.165, 1.54) is 0 Å². The molecule has 1 aliphatic rings. The second-order valence-electron chi connectivity index (χ2n) is 11.6. The second kappa shape index (κ2) is 12.1. The van der Waals surface area contributed by atoms with E-state index in [-0.39, 0.29) is 18.1 Å². The smallest absolute Gasteiger partial charge is 0.226 e. The number of fused-ring (bicyclic) bond motifs is 3. The number of hydrogen-bond donors (Lipinski definition) is 1. The van der Waals surface area contributed by atoms with Crippen LogP contribution in [0.2, 0.25) is 0 Å². The molecule has 0 saturated carbocycles. The van der Waals surface area contributed by atoms with Crippen molar-refractivity contribution in [1.82, 2.24) is 4.90 Å². The van der Waals surface area contributed by atoms with Gasteiger partial charge in [-0.15, -0.1) is 0 Å². The molecule has 4 aromatic rings. The van der Waals surface area contributed by atoms with Gasteiger partial charge in [0, 0.05) is 30.5 Å². The lowest BCUT2D eigenvalue weighted by atomic mass is 9.81. The van der Waals surface area contributed by atoms with E-state index >= 15 is 0 Å². The molecule has 0 aliphatic carbocycles. The van der Waals surface area contributed by atoms with Gasteiger partial charge in [-0.2, -0.15) is 0 Å². The summed E-state index contributed by atoms with van der Waals surface area (Å²) in [5.41, 5.74) is 3.32. The molecule has 5 rings (SSSR count). The van der Waals surface area contributed by atoms with Gasteiger partial charge in [0.2, 0.25) is 5.91 Å². The van der Waals surface area contributed by atoms with Crippen molar-refractivity contribution in [3.05, 3.63) is 71.3 Å². The summed E-state index contributed by atoms with van der Waals surface area (Å²) in [6.07, 6.45) is 4.83. The molecule has 0 atom stereocenters. The Morgan fingerprint density at radius 1 is 0.976 bits per heavy atom. The fourth-order valence-corrected chi connectivity index (χ4v) is 6.04. The van der Waals surface area contributed by atoms with Crippen LogP contribution in [-0.2, 0) is 11.2 Å². The summed E-state index contributed by atoms with van der Waals surface area (Å²) in [4.78, 5) is 27.4. The van der Waals surface area contributed by atoms with Crippen LogP contribution in [-0.4, -0.2) is 40.4 Å². The molecule has 6 nitrogen and oxygen atoms in total. The minimum absolute atomic E-state index is 0.0364. The number of Topliss-reactive ketones (excluding diaryl/α,β-unsaturated/α-hetero) is 1. The monoisotopic (exact) mass is 555 g/mol. The lowest BCUT2D eigenvalue weighted by molar-refractivity contribution is -0.135. The van der Waals surface area contributed by atoms with Gasteiger partial charge in [-0.25, -0.2) is 0 Å². The Hall–Kier alpha value is -3.64. The molecule has 0 radical (unpaired) electrons. The van der Waals surface area contributed by atoms with Crippen molar-refractivity contribution >= 4 is 33.6 Å². The summed E-state index contributed by atoms with van der Waals surface area (Å²) in [6, 6.07) is 17.1. The van der Waals surface area contributed by atoms with Crippen molar-refractivity contribution in [3.63, 3.8) is 0 Å². The fraction of sp³-hybridized carbons (Fsp3) is 0.429. The predicted molar refractivity (Wildman–Crippen MR) is 163 cm³/mol. The van der Waals surface area contributed by atoms with Crippen LogP contribution in [0, 0.1) is 12.8 Å². The number of benzene rings is 3. The Labute approximate surface area is 242 Å². The first kappa shape index (κ1) is 28.9. The molecule has 1 amide bonds. The lowest BCUT2D eigenvalue weighted by Crippen LogP contribution is -2.47. The summed E-state index contributed by atoms with van der Waals surface area (Å²) in [7, 11) is 0. The first-order valence-electron chi connectivity index (χ1n) is 15.0. The summed E-state index contributed by atoms with van der Waals surface area (Å²) in [5, 5.41) is 13.0. The van der Waals surface area contributed by atoms with E-state index in [0.29, 0.717) is 60.9 Å². The molecule has 216 valence electrons. The molecule has 0 bridgehead atoms. The highest BCUT2D eigenvalue weighted by Gasteiger charge is 2.35. The normalized spacial score (nSPS) is 15.1. The van der Waals surface area contributed by atoms with Crippen LogP contribution in [0.4, 0.5) is 0 Å². The number of likely N-dealkylation sites (tertiary alicyclic amines) is 1. The van der Waals surface area contributed by atoms with E-state index in [4.69, 9.17) is 9.15 Å². The quantitative estimate of drug-likeness (QED) is 0.201. The molecule has 0 unspecified atom stereocenters. The molecule has 41 heavy (non-hydrogen) atoms. The number of aryl methyl sites for hydroxylation is 1. The number of hydrogen-bond acceptors (Lipinski definition) is 5. The van der Waals surface area contributed by atoms with Crippen LogP contribution in [0.15, 0.2) is 59.0 Å². The maximum Gasteiger partial charge on any atom is 0.226 e. The lowest BCUT2D eigenvalue weighted by Gasteiger charge is -2.40. The second-order valence-corrected chi connectivity index (χ2v) is 11.6. The third-order valence-electron chi connectivity index (χ3n) is 8.70. The number of amides is 1. The van der Waals surface area contributed by atoms with E-state index in [2.05, 4.69) is 19.9 Å². The third kappa shape index (κ3) is 6.33. The molecule has 3 aromatic carbocycles. The van der Waals surface area contributed by atoms with Gasteiger partial charge in [0.25, 0.3) is 0 Å². The average Bonchev–Trinajstić information content (AvgIpc) is 3.34. The van der Waals surface area contributed by atoms with Gasteiger partial charge < -0.3 is 19.2 Å². The number of ketones is 1. The summed E-state index contributed by atoms with van der Waals surface area (Å²) in [6.45, 7) is 9.37. The topological polar surface area (TPSA) is 80.0 Å². The third-order valence-corrected chi connectivity index (χ3v) is 8.70. The van der Waals surface area contributed by atoms with E-state index in [1.54, 1.807) is 24.3 Å². The van der Waals surface area contributed by atoms with E-state index in [9.17, 15) is 14.7 Å². The average molecular weight is 556 g/mol. The van der Waals surface area contributed by atoms with Crippen LogP contribution in [0.1, 0.15) is 80.8 Å². The largest absolute Gasteiger partial charge is 0.457 e. The molecule has 6 heteroatoms. The highest BCUT2D eigenvalue weighted by molar-refractivity contribution is 6.09. The van der Waals surface area contributed by atoms with E-state index in [0.717, 1.165) is 46.7 Å². The van der Waals surface area contributed by atoms with Crippen molar-refractivity contribution in [3.8, 4) is 11.5 Å². The zero-order chi connectivity index (χ0) is 29.1. The molecule has 0 spiro atoms. The number of carbonyl (C=O) groups excluding carboxylic acids is 2. The predicted octanol–water partition coefficient (Wildman–Crippen LogP) is 8.00. The first-order valence-corrected chi connectivity index (χ1v) is 15.0. The number of aliphatic hydroxyl groups is 1. The Bertz CT molecular complexity index is 1540. The number of furan rings is 1. The fourth-order valence-electron chi connectivity index (χ4n) is 6.04. The zero-order valence-electron chi connectivity index (χ0n) is 24.7. The number of piperidine rings is 1. The summed E-state index contributed by atoms with van der Waals surface area (Å²) in [5.74, 6) is 1.86. The molecular formula is C35H41NO5. The van der Waals surface area contributed by atoms with Crippen molar-refractivity contribution in [2.45, 2.75) is 78.2 Å². The standard InChI is InChI=1S/C35H41NO5/c1-5-24(6-2)22-35(39)14-16-36(17-15-35)33(38)21-25-19-31(40-27-11-9-26(10-12-27)29(37)7-3)34-28-18-23(4)8-13-30(28)41-32(34)20-25/h8-13,18-20,24,39H,5-7,14-17,21-22H2,1-4H3. The van der Waals surface area contributed by atoms with Gasteiger partial charge in [0.15, 0.2) is 5.78 Å². The van der Waals surface area contributed by atoms with Crippen LogP contribution < -0.4 is 4.74 Å². The number of nitrogens with zero attached hydrogens (tertiary/aromatic N) is 1. The maximum atomic E-state index is 13.4. The maximum absolute atomic E-state index is 13.4. The summed E-state index contributed by atoms with van der Waals surface area (Å²) >= 11 is 0. The summed E-state index contributed by atoms with van der Waals surface area (Å²) < 4.78 is 12.6. The van der Waals surface area contributed by atoms with Crippen molar-refractivity contribution in [1.29, 1.82) is 0 Å². The van der Waals surface area contributed by atoms with Crippen LogP contribution in [0.25, 0.3) is 21.9 Å². The van der Waals surface area contributed by atoms with E-state index < -0.39 is 5.60 Å². The van der Waals surface area contributed by atoms with Crippen LogP contribution >= 0.6 is 0 Å². The molecule has 2 heterocycles. The van der Waals surface area contributed by atoms with Gasteiger partial charge >= 0.3 is 0 Å². The zero-order valence-corrected chi connectivity index (χ0v) is 24.7. The SMILES string of the molecule is CCC(=O)c1ccc(Oc2cc(CC(=O)N3CCC(O)(CC(CC)CC)CC3)cc3oc4ccc(C)cc4c23)cc1. The Morgan fingerprint density at radius 3 is 2.34 bits per heavy atom. The minimum atomic E-state index is -0.683. The Balaban J connectivity index is 1.40. The number of carbonyl (C=O) groups is 2. The van der Waals surface area contributed by atoms with Gasteiger partial charge in [-0.3, -0.25) is 9.59 Å². The Kier molecular flexibility index (Phi) is 8.50. The van der Waals surface area contributed by atoms with Gasteiger partial charge in [-0.05, 0) is 86.2 Å². The van der Waals surface area contributed by atoms with Crippen LogP contribution in [0.5, 0.6) is 11.5 Å². The molecule has 1 fully saturated rings. The van der Waals surface area contributed by atoms with Gasteiger partial charge in [0.1, 0.15) is 22.7 Å². The van der Waals surface area contributed by atoms with Crippen LogP contribution in [0.3, 0.4) is 0 Å². The van der Waals surface area contributed by atoms with Gasteiger partial charge in [0.05, 0.1) is 17.4 Å². The minimum Gasteiger partial charge on any atom is -0.457 e. The highest BCUT2D eigenvalue weighted by atomic mass is 16.5. The highest BCUT2D eigenvalue weighted by Crippen LogP contribution is 2.39. The Morgan fingerprint density at radius 2 is 1.68 bits per heavy atom. The first-order chi connectivity index (χ1) is 19.7. The molecule has 1 N–H and O–H groups in total. The van der Waals surface area contributed by atoms with Crippen molar-refractivity contribution in [2.24, 2.45) is 5.92 Å². The number of rotatable bonds is 10. The molecule has 1 saturated heterocycles. The van der Waals surface area contributed by atoms with E-state index in [1.807, 2.05) is 43.0 Å². The van der Waals surface area contributed by atoms with Crippen molar-refractivity contribution in [2.75, 3.05) is 13.1 Å². The van der Waals surface area contributed by atoms with Gasteiger partial charge in [-0.1, -0.05) is 45.2 Å². The number of ether oxygens (including phenoxy) is 1. The molecular weight excluding hydrogens is 514 g/mol. The molecule has 1 aliphatic heterocycles.